The first-order valence-electron chi connectivity index (χ1n) is 8.91. The van der Waals surface area contributed by atoms with Crippen LogP contribution < -0.4 is 10.2 Å². The Morgan fingerprint density at radius 2 is 1.37 bits per heavy atom. The number of nitrogens with zero attached hydrogens (tertiary/aromatic N) is 1. The Balaban J connectivity index is 1.90. The lowest BCUT2D eigenvalue weighted by Crippen LogP contribution is -2.43. The molecule has 3 aromatic rings. The van der Waals surface area contributed by atoms with E-state index >= 15 is 0 Å². The second-order valence-corrected chi connectivity index (χ2v) is 6.90. The fourth-order valence-corrected chi connectivity index (χ4v) is 3.85. The number of ether oxygens (including phenoxy) is 1. The fraction of sp³-hybridized carbons (Fsp3) is 0.174. The van der Waals surface area contributed by atoms with Gasteiger partial charge < -0.3 is 15.0 Å². The Morgan fingerprint density at radius 1 is 0.852 bits per heavy atom. The highest BCUT2D eigenvalue weighted by Crippen LogP contribution is 2.49. The maximum Gasteiger partial charge on any atom is 0.341 e. The normalized spacial score (nSPS) is 13.4. The number of benzene rings is 3. The lowest BCUT2D eigenvalue weighted by Gasteiger charge is -2.31. The Morgan fingerprint density at radius 3 is 1.85 bits per heavy atom. The third-order valence-corrected chi connectivity index (χ3v) is 5.16. The summed E-state index contributed by atoms with van der Waals surface area (Å²) in [6, 6.07) is 24.0. The Labute approximate surface area is 159 Å². The number of carbonyl (C=O) groups is 1. The van der Waals surface area contributed by atoms with Gasteiger partial charge in [0.05, 0.1) is 7.11 Å². The van der Waals surface area contributed by atoms with E-state index in [0.29, 0.717) is 0 Å². The molecule has 0 unspecified atom stereocenters. The van der Waals surface area contributed by atoms with Gasteiger partial charge in [0.25, 0.3) is 0 Å². The van der Waals surface area contributed by atoms with Gasteiger partial charge in [-0.2, -0.15) is 0 Å². The van der Waals surface area contributed by atoms with Gasteiger partial charge in [0.2, 0.25) is 0 Å². The maximum atomic E-state index is 13.1. The minimum absolute atomic E-state index is 0.323. The van der Waals surface area contributed by atoms with Gasteiger partial charge in [-0.15, -0.1) is 0 Å². The number of hydrogen-bond acceptors (Lipinski definition) is 4. The molecule has 0 aliphatic heterocycles. The van der Waals surface area contributed by atoms with E-state index in [1.807, 2.05) is 79.7 Å². The summed E-state index contributed by atoms with van der Waals surface area (Å²) in [5.41, 5.74) is 4.82. The number of carbonyl (C=O) groups excluding carboxylic acids is 1. The highest BCUT2D eigenvalue weighted by molar-refractivity contribution is 6.00. The number of esters is 1. The van der Waals surface area contributed by atoms with Crippen LogP contribution in [0.25, 0.3) is 11.1 Å². The molecule has 0 fully saturated rings. The van der Waals surface area contributed by atoms with Crippen LogP contribution in [-0.2, 0) is 15.1 Å². The third kappa shape index (κ3) is 2.56. The summed E-state index contributed by atoms with van der Waals surface area (Å²) in [4.78, 5) is 15.2. The van der Waals surface area contributed by atoms with Crippen LogP contribution in [0.2, 0.25) is 0 Å². The quantitative estimate of drug-likeness (QED) is 0.708. The smallest absolute Gasteiger partial charge is 0.341 e. The highest BCUT2D eigenvalue weighted by Gasteiger charge is 2.50. The molecule has 0 spiro atoms. The van der Waals surface area contributed by atoms with E-state index < -0.39 is 5.54 Å². The van der Waals surface area contributed by atoms with Gasteiger partial charge in [-0.05, 0) is 35.4 Å². The number of rotatable bonds is 4. The average molecular weight is 358 g/mol. The molecule has 1 aliphatic carbocycles. The number of anilines is 2. The number of methoxy groups -OCH3 is 1. The van der Waals surface area contributed by atoms with Crippen molar-refractivity contribution in [2.24, 2.45) is 0 Å². The van der Waals surface area contributed by atoms with Gasteiger partial charge in [0, 0.05) is 36.6 Å². The number of fused-ring (bicyclic) bond motifs is 3. The van der Waals surface area contributed by atoms with Crippen LogP contribution in [0.4, 0.5) is 11.4 Å². The first kappa shape index (κ1) is 17.2. The largest absolute Gasteiger partial charge is 0.467 e. The first-order chi connectivity index (χ1) is 13.1. The van der Waals surface area contributed by atoms with Crippen molar-refractivity contribution in [3.05, 3.63) is 83.9 Å². The molecule has 1 N–H and O–H groups in total. The van der Waals surface area contributed by atoms with Crippen LogP contribution >= 0.6 is 0 Å². The topological polar surface area (TPSA) is 41.6 Å². The van der Waals surface area contributed by atoms with Crippen LogP contribution in [0.3, 0.4) is 0 Å². The van der Waals surface area contributed by atoms with Crippen LogP contribution in [0, 0.1) is 0 Å². The monoisotopic (exact) mass is 358 g/mol. The summed E-state index contributed by atoms with van der Waals surface area (Å²) in [5.74, 6) is -0.323. The predicted molar refractivity (Wildman–Crippen MR) is 109 cm³/mol. The van der Waals surface area contributed by atoms with Crippen LogP contribution in [0.15, 0.2) is 72.8 Å². The summed E-state index contributed by atoms with van der Waals surface area (Å²) < 4.78 is 5.28. The molecule has 0 atom stereocenters. The molecule has 0 saturated carbocycles. The van der Waals surface area contributed by atoms with E-state index in [0.717, 1.165) is 33.6 Å². The summed E-state index contributed by atoms with van der Waals surface area (Å²) in [5, 5.41) is 3.49. The van der Waals surface area contributed by atoms with Crippen molar-refractivity contribution < 1.29 is 9.53 Å². The molecule has 0 aromatic heterocycles. The molecule has 4 rings (SSSR count). The predicted octanol–water partition coefficient (Wildman–Crippen LogP) is 4.26. The summed E-state index contributed by atoms with van der Waals surface area (Å²) >= 11 is 0. The van der Waals surface area contributed by atoms with E-state index in [4.69, 9.17) is 4.74 Å². The maximum absolute atomic E-state index is 13.1. The second-order valence-electron chi connectivity index (χ2n) is 6.90. The lowest BCUT2D eigenvalue weighted by molar-refractivity contribution is -0.144. The van der Waals surface area contributed by atoms with Crippen molar-refractivity contribution in [1.29, 1.82) is 0 Å². The summed E-state index contributed by atoms with van der Waals surface area (Å²) in [7, 11) is 5.44. The van der Waals surface area contributed by atoms with Gasteiger partial charge in [-0.1, -0.05) is 48.5 Å². The highest BCUT2D eigenvalue weighted by atomic mass is 16.5. The average Bonchev–Trinajstić information content (AvgIpc) is 2.99. The van der Waals surface area contributed by atoms with Crippen molar-refractivity contribution >= 4 is 17.3 Å². The van der Waals surface area contributed by atoms with Gasteiger partial charge in [0.15, 0.2) is 5.54 Å². The molecule has 0 heterocycles. The van der Waals surface area contributed by atoms with E-state index in [9.17, 15) is 4.79 Å². The summed E-state index contributed by atoms with van der Waals surface area (Å²) in [6.07, 6.45) is 0. The molecule has 27 heavy (non-hydrogen) atoms. The van der Waals surface area contributed by atoms with Crippen molar-refractivity contribution in [1.82, 2.24) is 0 Å². The van der Waals surface area contributed by atoms with E-state index in [-0.39, 0.29) is 5.97 Å². The molecule has 0 bridgehead atoms. The van der Waals surface area contributed by atoms with E-state index in [1.54, 1.807) is 0 Å². The molecular weight excluding hydrogens is 336 g/mol. The number of nitrogens with one attached hydrogen (secondary N) is 1. The second kappa shape index (κ2) is 6.47. The molecule has 4 nitrogen and oxygen atoms in total. The van der Waals surface area contributed by atoms with Gasteiger partial charge in [-0.3, -0.25) is 0 Å². The van der Waals surface area contributed by atoms with Gasteiger partial charge >= 0.3 is 5.97 Å². The van der Waals surface area contributed by atoms with Crippen molar-refractivity contribution in [3.8, 4) is 11.1 Å². The van der Waals surface area contributed by atoms with Gasteiger partial charge in [0.1, 0.15) is 0 Å². The lowest BCUT2D eigenvalue weighted by atomic mass is 9.87. The number of hydrogen-bond donors (Lipinski definition) is 1. The molecular formula is C23H22N2O2. The SMILES string of the molecule is COC(=O)C1(Nc2ccc(N(C)C)cc2)c2ccccc2-c2ccccc21. The van der Waals surface area contributed by atoms with Crippen LogP contribution in [-0.4, -0.2) is 27.2 Å². The zero-order valence-corrected chi connectivity index (χ0v) is 15.7. The molecule has 136 valence electrons. The van der Waals surface area contributed by atoms with Gasteiger partial charge in [-0.25, -0.2) is 4.79 Å². The molecule has 1 aliphatic rings. The van der Waals surface area contributed by atoms with Crippen molar-refractivity contribution in [3.63, 3.8) is 0 Å². The molecule has 0 saturated heterocycles. The molecule has 4 heteroatoms. The molecule has 0 amide bonds. The zero-order chi connectivity index (χ0) is 19.0. The van der Waals surface area contributed by atoms with E-state index in [2.05, 4.69) is 17.4 Å². The fourth-order valence-electron chi connectivity index (χ4n) is 3.85. The Bertz CT molecular complexity index is 948. The zero-order valence-electron chi connectivity index (χ0n) is 15.7. The Kier molecular flexibility index (Phi) is 4.11. The standard InChI is InChI=1S/C23H22N2O2/c1-25(2)17-14-12-16(13-15-17)24-23(22(26)27-3)20-10-6-4-8-18(20)19-9-5-7-11-21(19)23/h4-15,24H,1-3H3. The van der Waals surface area contributed by atoms with Crippen molar-refractivity contribution in [2.45, 2.75) is 5.54 Å². The Hall–Kier alpha value is -3.27. The molecule has 3 aromatic carbocycles. The first-order valence-corrected chi connectivity index (χ1v) is 8.91. The van der Waals surface area contributed by atoms with E-state index in [1.165, 1.54) is 7.11 Å². The van der Waals surface area contributed by atoms with Crippen LogP contribution in [0.1, 0.15) is 11.1 Å². The third-order valence-electron chi connectivity index (χ3n) is 5.16. The summed E-state index contributed by atoms with van der Waals surface area (Å²) in [6.45, 7) is 0. The van der Waals surface area contributed by atoms with Crippen molar-refractivity contribution in [2.75, 3.05) is 31.4 Å². The minimum Gasteiger partial charge on any atom is -0.467 e. The minimum atomic E-state index is -1.07. The molecule has 0 radical (unpaired) electrons. The van der Waals surface area contributed by atoms with Crippen LogP contribution in [0.5, 0.6) is 0 Å².